The Morgan fingerprint density at radius 3 is 2.57 bits per heavy atom. The number of hydrogen-bond donors (Lipinski definition) is 0. The van der Waals surface area contributed by atoms with Crippen molar-refractivity contribution in [3.05, 3.63) is 124 Å². The topological polar surface area (TPSA) is 84.1 Å². The van der Waals surface area contributed by atoms with Gasteiger partial charge in [0.2, 0.25) is 0 Å². The number of methoxy groups -OCH3 is 1. The normalized spacial score (nSPS) is 14.7. The van der Waals surface area contributed by atoms with Crippen molar-refractivity contribution in [1.29, 1.82) is 0 Å². The maximum atomic E-state index is 14.4. The van der Waals surface area contributed by atoms with E-state index in [2.05, 4.69) is 32.8 Å². The molecule has 0 aliphatic carbocycles. The molecule has 0 amide bonds. The molecule has 0 saturated heterocycles. The highest BCUT2D eigenvalue weighted by Gasteiger charge is 2.35. The van der Waals surface area contributed by atoms with Gasteiger partial charge < -0.3 is 18.8 Å². The standard InChI is InChI=1S/C35H31BrClN3O5S/c1-5-44-29-17-26(36)25(16-28(29)43-4)32-31(34(42)45-6-2)20(3)38-35-40(32)33(41)30(46-35)15-22-19-39(27-10-8-7-9-24(22)27)18-21-11-13-23(37)14-12-21/h7-17,19,32H,5-6,18H2,1-4H3/b30-15+/t32-/m0/s1. The van der Waals surface area contributed by atoms with Crippen LogP contribution in [0.25, 0.3) is 17.0 Å². The van der Waals surface area contributed by atoms with Crippen LogP contribution in [0.2, 0.25) is 5.02 Å². The lowest BCUT2D eigenvalue weighted by molar-refractivity contribution is -0.139. The highest BCUT2D eigenvalue weighted by Crippen LogP contribution is 2.41. The summed E-state index contributed by atoms with van der Waals surface area (Å²) in [6.45, 7) is 6.67. The van der Waals surface area contributed by atoms with Gasteiger partial charge in [0.25, 0.3) is 5.56 Å². The van der Waals surface area contributed by atoms with Gasteiger partial charge in [-0.25, -0.2) is 9.79 Å². The molecule has 2 aromatic heterocycles. The second-order valence-corrected chi connectivity index (χ2v) is 12.9. The van der Waals surface area contributed by atoms with Gasteiger partial charge in [0, 0.05) is 38.7 Å². The SMILES string of the molecule is CCOC(=O)C1=C(C)N=c2s/c(=C/c3cn(Cc4ccc(Cl)cc4)c4ccccc34)c(=O)n2[C@H]1c1cc(OC)c(OCC)cc1Br. The van der Waals surface area contributed by atoms with Crippen LogP contribution in [0.5, 0.6) is 11.5 Å². The van der Waals surface area contributed by atoms with Crippen molar-refractivity contribution in [3.63, 3.8) is 0 Å². The minimum Gasteiger partial charge on any atom is -0.493 e. The van der Waals surface area contributed by atoms with Gasteiger partial charge in [0.05, 0.1) is 42.2 Å². The maximum Gasteiger partial charge on any atom is 0.338 e. The van der Waals surface area contributed by atoms with Crippen LogP contribution in [0, 0.1) is 0 Å². The van der Waals surface area contributed by atoms with E-state index in [0.29, 0.717) is 54.7 Å². The quantitative estimate of drug-likeness (QED) is 0.160. The van der Waals surface area contributed by atoms with Crippen molar-refractivity contribution < 1.29 is 19.0 Å². The van der Waals surface area contributed by atoms with Crippen molar-refractivity contribution in [3.8, 4) is 11.5 Å². The minimum atomic E-state index is -0.817. The van der Waals surface area contributed by atoms with E-state index in [9.17, 15) is 9.59 Å². The minimum absolute atomic E-state index is 0.181. The Labute approximate surface area is 282 Å². The van der Waals surface area contributed by atoms with Crippen molar-refractivity contribution in [2.24, 2.45) is 4.99 Å². The average molecular weight is 721 g/mol. The van der Waals surface area contributed by atoms with Crippen molar-refractivity contribution in [2.45, 2.75) is 33.4 Å². The third-order valence-electron chi connectivity index (χ3n) is 7.77. The Kier molecular flexibility index (Phi) is 9.22. The fourth-order valence-electron chi connectivity index (χ4n) is 5.72. The molecule has 0 bridgehead atoms. The van der Waals surface area contributed by atoms with Crippen molar-refractivity contribution >= 4 is 61.8 Å². The third-order valence-corrected chi connectivity index (χ3v) is 9.69. The molecular formula is C35H31BrClN3O5S. The number of para-hydroxylation sites is 1. The van der Waals surface area contributed by atoms with Gasteiger partial charge in [-0.3, -0.25) is 9.36 Å². The van der Waals surface area contributed by atoms with Crippen LogP contribution in [-0.4, -0.2) is 35.4 Å². The van der Waals surface area contributed by atoms with Crippen LogP contribution < -0.4 is 24.4 Å². The first-order valence-electron chi connectivity index (χ1n) is 14.8. The summed E-state index contributed by atoms with van der Waals surface area (Å²) in [7, 11) is 1.55. The zero-order valence-corrected chi connectivity index (χ0v) is 28.8. The molecule has 0 fully saturated rings. The van der Waals surface area contributed by atoms with Gasteiger partial charge in [-0.1, -0.05) is 69.2 Å². The Bertz CT molecular complexity index is 2180. The first-order valence-corrected chi connectivity index (χ1v) is 16.7. The molecule has 6 rings (SSSR count). The Morgan fingerprint density at radius 2 is 1.85 bits per heavy atom. The molecule has 5 aromatic rings. The van der Waals surface area contributed by atoms with Gasteiger partial charge in [0.1, 0.15) is 0 Å². The number of esters is 1. The molecule has 0 saturated carbocycles. The summed E-state index contributed by atoms with van der Waals surface area (Å²) in [5, 5.41) is 1.70. The molecule has 0 radical (unpaired) electrons. The molecule has 0 spiro atoms. The van der Waals surface area contributed by atoms with Crippen LogP contribution in [0.15, 0.2) is 92.4 Å². The molecule has 1 aliphatic heterocycles. The fourth-order valence-corrected chi connectivity index (χ4v) is 7.43. The number of carbonyl (C=O) groups excluding carboxylic acids is 1. The second-order valence-electron chi connectivity index (χ2n) is 10.6. The van der Waals surface area contributed by atoms with E-state index in [-0.39, 0.29) is 17.7 Å². The molecule has 46 heavy (non-hydrogen) atoms. The van der Waals surface area contributed by atoms with Crippen LogP contribution in [0.1, 0.15) is 43.5 Å². The van der Waals surface area contributed by atoms with E-state index in [1.165, 1.54) is 11.3 Å². The highest BCUT2D eigenvalue weighted by molar-refractivity contribution is 9.10. The lowest BCUT2D eigenvalue weighted by Gasteiger charge is -2.26. The smallest absolute Gasteiger partial charge is 0.338 e. The van der Waals surface area contributed by atoms with Gasteiger partial charge >= 0.3 is 5.97 Å². The number of benzene rings is 3. The van der Waals surface area contributed by atoms with E-state index in [1.807, 2.05) is 55.5 Å². The number of ether oxygens (including phenoxy) is 3. The van der Waals surface area contributed by atoms with Crippen LogP contribution in [-0.2, 0) is 16.1 Å². The summed E-state index contributed by atoms with van der Waals surface area (Å²) >= 11 is 11.1. The molecule has 3 heterocycles. The van der Waals surface area contributed by atoms with Gasteiger partial charge in [-0.05, 0) is 68.3 Å². The van der Waals surface area contributed by atoms with E-state index in [4.69, 9.17) is 30.8 Å². The predicted molar refractivity (Wildman–Crippen MR) is 185 cm³/mol. The van der Waals surface area contributed by atoms with Gasteiger partial charge in [-0.2, -0.15) is 0 Å². The second kappa shape index (κ2) is 13.3. The summed E-state index contributed by atoms with van der Waals surface area (Å²) < 4.78 is 21.8. The molecular weight excluding hydrogens is 690 g/mol. The Hall–Kier alpha value is -4.12. The molecule has 3 aromatic carbocycles. The largest absolute Gasteiger partial charge is 0.493 e. The zero-order chi connectivity index (χ0) is 32.5. The molecule has 11 heteroatoms. The molecule has 8 nitrogen and oxygen atoms in total. The number of nitrogens with zero attached hydrogens (tertiary/aromatic N) is 3. The van der Waals surface area contributed by atoms with Gasteiger partial charge in [0.15, 0.2) is 16.3 Å². The molecule has 236 valence electrons. The number of aromatic nitrogens is 2. The van der Waals surface area contributed by atoms with Crippen molar-refractivity contribution in [1.82, 2.24) is 9.13 Å². The third kappa shape index (κ3) is 5.92. The van der Waals surface area contributed by atoms with Crippen LogP contribution in [0.4, 0.5) is 0 Å². The number of hydrogen-bond acceptors (Lipinski definition) is 7. The van der Waals surface area contributed by atoms with Crippen molar-refractivity contribution in [2.75, 3.05) is 20.3 Å². The summed E-state index contributed by atoms with van der Waals surface area (Å²) in [6.07, 6.45) is 3.96. The lowest BCUT2D eigenvalue weighted by atomic mass is 9.95. The zero-order valence-electron chi connectivity index (χ0n) is 25.7. The predicted octanol–water partition coefficient (Wildman–Crippen LogP) is 6.62. The molecule has 0 N–H and O–H groups in total. The van der Waals surface area contributed by atoms with E-state index in [1.54, 1.807) is 37.7 Å². The fraction of sp³-hybridized carbons (Fsp3) is 0.229. The summed E-state index contributed by atoms with van der Waals surface area (Å²) in [5.41, 5.74) is 4.19. The summed E-state index contributed by atoms with van der Waals surface area (Å²) in [6, 6.07) is 18.6. The first-order chi connectivity index (χ1) is 22.2. The van der Waals surface area contributed by atoms with Gasteiger partial charge in [-0.15, -0.1) is 0 Å². The van der Waals surface area contributed by atoms with E-state index >= 15 is 0 Å². The van der Waals surface area contributed by atoms with E-state index in [0.717, 1.165) is 22.0 Å². The lowest BCUT2D eigenvalue weighted by Crippen LogP contribution is -2.40. The number of thiazole rings is 1. The number of rotatable bonds is 9. The van der Waals surface area contributed by atoms with Crippen LogP contribution in [0.3, 0.4) is 0 Å². The Morgan fingerprint density at radius 1 is 1.09 bits per heavy atom. The summed E-state index contributed by atoms with van der Waals surface area (Å²) in [5.74, 6) is 0.489. The molecule has 0 unspecified atom stereocenters. The number of carbonyl (C=O) groups is 1. The monoisotopic (exact) mass is 719 g/mol. The van der Waals surface area contributed by atoms with E-state index < -0.39 is 12.0 Å². The number of fused-ring (bicyclic) bond motifs is 2. The number of allylic oxidation sites excluding steroid dienone is 1. The first kappa shape index (κ1) is 31.8. The Balaban J connectivity index is 1.53. The number of halogens is 2. The summed E-state index contributed by atoms with van der Waals surface area (Å²) in [4.78, 5) is 33.0. The van der Waals surface area contributed by atoms with Crippen LogP contribution >= 0.6 is 38.9 Å². The molecule has 1 aliphatic rings. The maximum absolute atomic E-state index is 14.4. The average Bonchev–Trinajstić information content (AvgIpc) is 3.54. The molecule has 1 atom stereocenters. The highest BCUT2D eigenvalue weighted by atomic mass is 79.9.